The van der Waals surface area contributed by atoms with Crippen molar-refractivity contribution in [3.05, 3.63) is 95.0 Å². The first-order chi connectivity index (χ1) is 13.5. The van der Waals surface area contributed by atoms with Crippen molar-refractivity contribution < 1.29 is 0 Å². The summed E-state index contributed by atoms with van der Waals surface area (Å²) in [5, 5.41) is 7.82. The summed E-state index contributed by atoms with van der Waals surface area (Å²) >= 11 is 0. The first-order valence-electron chi connectivity index (χ1n) is 8.30. The fourth-order valence-electron chi connectivity index (χ4n) is 3.25. The lowest BCUT2D eigenvalue weighted by Crippen LogP contribution is -2.27. The molecule has 28 heavy (non-hydrogen) atoms. The molecule has 2 N–H and O–H groups in total. The van der Waals surface area contributed by atoms with Gasteiger partial charge in [-0.15, -0.1) is 0 Å². The largest absolute Gasteiger partial charge is 0.355 e. The number of fused-ring (bicyclic) bond motifs is 2. The third-order valence-corrected chi connectivity index (χ3v) is 4.51. The highest BCUT2D eigenvalue weighted by Crippen LogP contribution is 2.09. The quantitative estimate of drug-likeness (QED) is 0.517. The van der Waals surface area contributed by atoms with E-state index in [2.05, 4.69) is 9.97 Å². The van der Waals surface area contributed by atoms with Gasteiger partial charge in [0.15, 0.2) is 0 Å². The predicted molar refractivity (Wildman–Crippen MR) is 105 cm³/mol. The topological polar surface area (TPSA) is 129 Å². The molecule has 0 aliphatic rings. The van der Waals surface area contributed by atoms with Crippen molar-refractivity contribution in [1.82, 2.24) is 14.5 Å². The molecule has 2 aromatic heterocycles. The van der Waals surface area contributed by atoms with Crippen LogP contribution in [-0.2, 0) is 6.54 Å². The molecule has 0 aliphatic carbocycles. The van der Waals surface area contributed by atoms with Crippen LogP contribution in [0.3, 0.4) is 0 Å². The number of H-pyrrole nitrogens is 2. The Kier molecular flexibility index (Phi) is 3.98. The molecule has 8 heteroatoms. The fourth-order valence-corrected chi connectivity index (χ4v) is 3.25. The second kappa shape index (κ2) is 6.48. The lowest BCUT2D eigenvalue weighted by atomic mass is 10.1. The SMILES string of the molecule is N#CC=Cc1cccc(Cn2c(=O)c3c(=O)c4[nH]cc[nH]c4c(=O)c3c2=O)c1. The van der Waals surface area contributed by atoms with Crippen LogP contribution in [0.25, 0.3) is 27.9 Å². The molecule has 0 spiro atoms. The van der Waals surface area contributed by atoms with Crippen LogP contribution in [0.1, 0.15) is 11.1 Å². The number of nitrogens with zero attached hydrogens (tertiary/aromatic N) is 2. The molecular formula is C20H12N4O4. The van der Waals surface area contributed by atoms with Gasteiger partial charge in [0.05, 0.1) is 12.6 Å². The molecule has 2 heterocycles. The molecule has 0 atom stereocenters. The van der Waals surface area contributed by atoms with E-state index in [1.807, 2.05) is 6.07 Å². The zero-order valence-electron chi connectivity index (χ0n) is 14.4. The summed E-state index contributed by atoms with van der Waals surface area (Å²) in [6.07, 6.45) is 5.76. The van der Waals surface area contributed by atoms with Gasteiger partial charge in [-0.05, 0) is 23.3 Å². The first-order valence-corrected chi connectivity index (χ1v) is 8.30. The van der Waals surface area contributed by atoms with Gasteiger partial charge < -0.3 is 9.97 Å². The summed E-state index contributed by atoms with van der Waals surface area (Å²) < 4.78 is 0.888. The van der Waals surface area contributed by atoms with Crippen molar-refractivity contribution in [3.63, 3.8) is 0 Å². The highest BCUT2D eigenvalue weighted by Gasteiger charge is 2.22. The van der Waals surface area contributed by atoms with Gasteiger partial charge in [0.1, 0.15) is 21.8 Å². The molecule has 4 rings (SSSR count). The summed E-state index contributed by atoms with van der Waals surface area (Å²) in [4.78, 5) is 56.2. The average molecular weight is 372 g/mol. The maximum absolute atomic E-state index is 12.8. The Morgan fingerprint density at radius 3 is 2.14 bits per heavy atom. The van der Waals surface area contributed by atoms with Crippen LogP contribution in [0.15, 0.2) is 61.9 Å². The van der Waals surface area contributed by atoms with E-state index in [9.17, 15) is 19.2 Å². The van der Waals surface area contributed by atoms with Gasteiger partial charge in [-0.3, -0.25) is 23.7 Å². The van der Waals surface area contributed by atoms with E-state index in [1.54, 1.807) is 30.3 Å². The van der Waals surface area contributed by atoms with E-state index in [1.165, 1.54) is 18.5 Å². The minimum atomic E-state index is -0.792. The molecule has 0 saturated carbocycles. The molecule has 0 fully saturated rings. The van der Waals surface area contributed by atoms with Crippen LogP contribution in [0.5, 0.6) is 0 Å². The monoisotopic (exact) mass is 372 g/mol. The van der Waals surface area contributed by atoms with Crippen LogP contribution in [0, 0.1) is 11.3 Å². The zero-order chi connectivity index (χ0) is 19.8. The number of nitriles is 1. The van der Waals surface area contributed by atoms with E-state index < -0.39 is 32.7 Å². The Labute approximate surface area is 156 Å². The number of allylic oxidation sites excluding steroid dienone is 1. The summed E-state index contributed by atoms with van der Waals surface area (Å²) in [6.45, 7) is -0.0940. The van der Waals surface area contributed by atoms with Gasteiger partial charge in [0.2, 0.25) is 10.9 Å². The number of hydrogen-bond acceptors (Lipinski definition) is 5. The van der Waals surface area contributed by atoms with Gasteiger partial charge in [0.25, 0.3) is 11.1 Å². The smallest absolute Gasteiger partial charge is 0.266 e. The lowest BCUT2D eigenvalue weighted by Gasteiger charge is -2.02. The van der Waals surface area contributed by atoms with E-state index >= 15 is 0 Å². The minimum absolute atomic E-state index is 0.0436. The summed E-state index contributed by atoms with van der Waals surface area (Å²) in [6, 6.07) is 8.80. The van der Waals surface area contributed by atoms with Gasteiger partial charge in [-0.1, -0.05) is 18.2 Å². The van der Waals surface area contributed by atoms with Crippen LogP contribution >= 0.6 is 0 Å². The molecule has 0 radical (unpaired) electrons. The third kappa shape index (κ3) is 2.54. The number of nitrogens with one attached hydrogen (secondary N) is 2. The number of aromatic amines is 2. The van der Waals surface area contributed by atoms with Crippen LogP contribution in [0.4, 0.5) is 0 Å². The van der Waals surface area contributed by atoms with Crippen molar-refractivity contribution in [1.29, 1.82) is 5.26 Å². The number of benzene rings is 2. The summed E-state index contributed by atoms with van der Waals surface area (Å²) in [7, 11) is 0. The van der Waals surface area contributed by atoms with Crippen molar-refractivity contribution in [2.24, 2.45) is 0 Å². The molecular weight excluding hydrogens is 360 g/mol. The molecule has 0 bridgehead atoms. The molecule has 8 nitrogen and oxygen atoms in total. The van der Waals surface area contributed by atoms with Gasteiger partial charge >= 0.3 is 0 Å². The maximum atomic E-state index is 12.8. The molecule has 0 saturated heterocycles. The van der Waals surface area contributed by atoms with E-state index in [0.29, 0.717) is 5.56 Å². The third-order valence-electron chi connectivity index (χ3n) is 4.51. The standard InChI is InChI=1S/C20H12N4O4/c21-6-2-5-11-3-1-4-12(9-11)10-24-19(27)13-14(20(24)28)18(26)16-15(17(13)25)22-7-8-23-16/h1-5,7-9,22-23H,10H2. The Morgan fingerprint density at radius 1 is 0.964 bits per heavy atom. The molecule has 4 aromatic rings. The Bertz CT molecular complexity index is 1450. The number of rotatable bonds is 3. The fraction of sp³-hybridized carbons (Fsp3) is 0.0500. The zero-order valence-corrected chi connectivity index (χ0v) is 14.4. The predicted octanol–water partition coefficient (Wildman–Crippen LogP) is 0.914. The minimum Gasteiger partial charge on any atom is -0.355 e. The highest BCUT2D eigenvalue weighted by molar-refractivity contribution is 5.94. The van der Waals surface area contributed by atoms with Crippen LogP contribution in [0.2, 0.25) is 0 Å². The molecule has 2 aromatic carbocycles. The molecule has 136 valence electrons. The van der Waals surface area contributed by atoms with Gasteiger partial charge in [0, 0.05) is 18.5 Å². The lowest BCUT2D eigenvalue weighted by molar-refractivity contribution is 0.754. The number of hydrogen-bond donors (Lipinski definition) is 2. The van der Waals surface area contributed by atoms with Crippen molar-refractivity contribution in [3.8, 4) is 6.07 Å². The summed E-state index contributed by atoms with van der Waals surface area (Å²) in [5.74, 6) is 0. The maximum Gasteiger partial charge on any atom is 0.266 e. The number of aromatic nitrogens is 3. The van der Waals surface area contributed by atoms with Crippen LogP contribution < -0.4 is 22.0 Å². The van der Waals surface area contributed by atoms with Gasteiger partial charge in [-0.2, -0.15) is 5.26 Å². The van der Waals surface area contributed by atoms with Crippen molar-refractivity contribution >= 4 is 27.9 Å². The Morgan fingerprint density at radius 2 is 1.57 bits per heavy atom. The summed E-state index contributed by atoms with van der Waals surface area (Å²) in [5.41, 5.74) is -1.70. The normalized spacial score (nSPS) is 11.4. The second-order valence-electron chi connectivity index (χ2n) is 6.18. The average Bonchev–Trinajstić information content (AvgIpc) is 2.96. The van der Waals surface area contributed by atoms with E-state index in [-0.39, 0.29) is 17.6 Å². The molecule has 0 unspecified atom stereocenters. The second-order valence-corrected chi connectivity index (χ2v) is 6.18. The van der Waals surface area contributed by atoms with Crippen molar-refractivity contribution in [2.45, 2.75) is 6.54 Å². The van der Waals surface area contributed by atoms with Crippen LogP contribution in [-0.4, -0.2) is 14.5 Å². The van der Waals surface area contributed by atoms with E-state index in [4.69, 9.17) is 5.26 Å². The first kappa shape index (κ1) is 17.2. The Balaban J connectivity index is 1.97. The highest BCUT2D eigenvalue weighted by atomic mass is 16.2. The molecule has 0 amide bonds. The Hall–Kier alpha value is -4.25. The van der Waals surface area contributed by atoms with E-state index in [0.717, 1.165) is 10.1 Å². The molecule has 0 aliphatic heterocycles. The van der Waals surface area contributed by atoms with Gasteiger partial charge in [-0.25, -0.2) is 0 Å². The van der Waals surface area contributed by atoms with Crippen molar-refractivity contribution in [2.75, 3.05) is 0 Å².